The van der Waals surface area contributed by atoms with Crippen LogP contribution in [-0.4, -0.2) is 18.2 Å². The SMILES string of the molecule is CPCC1=CSC(C2=CCCC=C2)N1. The van der Waals surface area contributed by atoms with Crippen molar-refractivity contribution in [3.05, 3.63) is 34.9 Å². The molecule has 14 heavy (non-hydrogen) atoms. The average molecular weight is 225 g/mol. The van der Waals surface area contributed by atoms with Crippen LogP contribution in [0.15, 0.2) is 34.9 Å². The lowest BCUT2D eigenvalue weighted by molar-refractivity contribution is 0.841. The zero-order valence-corrected chi connectivity index (χ0v) is 10.2. The minimum absolute atomic E-state index is 0.484. The minimum atomic E-state index is 0.484. The van der Waals surface area contributed by atoms with Crippen LogP contribution in [0.1, 0.15) is 12.8 Å². The first kappa shape index (κ1) is 10.3. The lowest BCUT2D eigenvalue weighted by Gasteiger charge is -2.16. The van der Waals surface area contributed by atoms with Crippen LogP contribution in [0.2, 0.25) is 0 Å². The molecule has 2 atom stereocenters. The van der Waals surface area contributed by atoms with Crippen LogP contribution in [0.4, 0.5) is 0 Å². The number of rotatable bonds is 3. The highest BCUT2D eigenvalue weighted by atomic mass is 32.2. The van der Waals surface area contributed by atoms with Crippen molar-refractivity contribution in [1.29, 1.82) is 0 Å². The van der Waals surface area contributed by atoms with Gasteiger partial charge in [-0.15, -0.1) is 20.3 Å². The predicted octanol–water partition coefficient (Wildman–Crippen LogP) is 3.08. The first-order chi connectivity index (χ1) is 6.90. The first-order valence-electron chi connectivity index (χ1n) is 5.02. The van der Waals surface area contributed by atoms with Crippen LogP contribution < -0.4 is 5.32 Å². The molecule has 0 aromatic heterocycles. The van der Waals surface area contributed by atoms with E-state index in [0.29, 0.717) is 5.37 Å². The van der Waals surface area contributed by atoms with Crippen molar-refractivity contribution in [2.45, 2.75) is 18.2 Å². The van der Waals surface area contributed by atoms with Gasteiger partial charge in [-0.3, -0.25) is 0 Å². The average Bonchev–Trinajstić information content (AvgIpc) is 2.68. The fraction of sp³-hybridized carbons (Fsp3) is 0.455. The third kappa shape index (κ3) is 2.43. The summed E-state index contributed by atoms with van der Waals surface area (Å²) in [7, 11) is 1.01. The van der Waals surface area contributed by atoms with Gasteiger partial charge in [-0.1, -0.05) is 18.2 Å². The molecule has 0 saturated carbocycles. The Morgan fingerprint density at radius 1 is 1.57 bits per heavy atom. The van der Waals surface area contributed by atoms with E-state index in [1.807, 2.05) is 11.8 Å². The van der Waals surface area contributed by atoms with E-state index in [-0.39, 0.29) is 0 Å². The van der Waals surface area contributed by atoms with E-state index in [4.69, 9.17) is 0 Å². The predicted molar refractivity (Wildman–Crippen MR) is 68.2 cm³/mol. The molecule has 1 aliphatic carbocycles. The zero-order valence-electron chi connectivity index (χ0n) is 8.42. The van der Waals surface area contributed by atoms with Gasteiger partial charge in [0.25, 0.3) is 0 Å². The van der Waals surface area contributed by atoms with Gasteiger partial charge in [0.15, 0.2) is 0 Å². The number of hydrogen-bond acceptors (Lipinski definition) is 2. The Kier molecular flexibility index (Phi) is 3.72. The van der Waals surface area contributed by atoms with Crippen molar-refractivity contribution in [3.63, 3.8) is 0 Å². The van der Waals surface area contributed by atoms with Gasteiger partial charge in [-0.05, 0) is 30.5 Å². The van der Waals surface area contributed by atoms with Crippen molar-refractivity contribution in [2.24, 2.45) is 0 Å². The third-order valence-electron chi connectivity index (χ3n) is 2.36. The lowest BCUT2D eigenvalue weighted by Crippen LogP contribution is -2.23. The zero-order chi connectivity index (χ0) is 9.80. The summed E-state index contributed by atoms with van der Waals surface area (Å²) in [5.41, 5.74) is 2.87. The topological polar surface area (TPSA) is 12.0 Å². The molecule has 2 rings (SSSR count). The second-order valence-electron chi connectivity index (χ2n) is 3.52. The molecular formula is C11H16NPS. The van der Waals surface area contributed by atoms with Gasteiger partial charge in [0.2, 0.25) is 0 Å². The summed E-state index contributed by atoms with van der Waals surface area (Å²) < 4.78 is 0. The third-order valence-corrected chi connectivity index (χ3v) is 4.17. The minimum Gasteiger partial charge on any atom is -0.372 e. The van der Waals surface area contributed by atoms with Crippen molar-refractivity contribution < 1.29 is 0 Å². The molecule has 0 saturated heterocycles. The summed E-state index contributed by atoms with van der Waals surface area (Å²) in [6.45, 7) is 2.25. The highest BCUT2D eigenvalue weighted by Crippen LogP contribution is 2.30. The van der Waals surface area contributed by atoms with Crippen LogP contribution in [0.3, 0.4) is 0 Å². The molecule has 2 aliphatic rings. The Balaban J connectivity index is 1.91. The van der Waals surface area contributed by atoms with E-state index in [0.717, 1.165) is 8.58 Å². The maximum Gasteiger partial charge on any atom is 0.102 e. The van der Waals surface area contributed by atoms with E-state index >= 15 is 0 Å². The second-order valence-corrected chi connectivity index (χ2v) is 5.56. The molecule has 2 unspecified atom stereocenters. The largest absolute Gasteiger partial charge is 0.372 e. The molecule has 1 N–H and O–H groups in total. The van der Waals surface area contributed by atoms with Crippen LogP contribution >= 0.6 is 20.3 Å². The second kappa shape index (κ2) is 5.04. The Bertz CT molecular complexity index is 294. The maximum absolute atomic E-state index is 3.57. The normalized spacial score (nSPS) is 26.5. The van der Waals surface area contributed by atoms with E-state index in [1.165, 1.54) is 30.3 Å². The fourth-order valence-electron chi connectivity index (χ4n) is 1.66. The van der Waals surface area contributed by atoms with Gasteiger partial charge in [0.05, 0.1) is 0 Å². The molecule has 76 valence electrons. The highest BCUT2D eigenvalue weighted by Gasteiger charge is 2.18. The first-order valence-corrected chi connectivity index (χ1v) is 7.67. The van der Waals surface area contributed by atoms with Gasteiger partial charge in [0, 0.05) is 11.9 Å². The number of allylic oxidation sites excluding steroid dienone is 3. The molecule has 0 aromatic rings. The molecule has 0 fully saturated rings. The Morgan fingerprint density at radius 2 is 2.50 bits per heavy atom. The maximum atomic E-state index is 3.57. The van der Waals surface area contributed by atoms with Crippen molar-refractivity contribution in [3.8, 4) is 0 Å². The standard InChI is InChI=1S/C11H16NPS/c1-13-7-10-8-14-11(12-10)9-5-3-2-4-6-9/h3,5-6,8,11-13H,2,4,7H2,1H3. The van der Waals surface area contributed by atoms with E-state index < -0.39 is 0 Å². The monoisotopic (exact) mass is 225 g/mol. The molecule has 1 heterocycles. The molecule has 0 aromatic carbocycles. The number of hydrogen-bond donors (Lipinski definition) is 1. The van der Waals surface area contributed by atoms with Crippen molar-refractivity contribution in [2.75, 3.05) is 12.8 Å². The molecule has 1 nitrogen and oxygen atoms in total. The summed E-state index contributed by atoms with van der Waals surface area (Å²) in [6.07, 6.45) is 10.5. The Morgan fingerprint density at radius 3 is 3.21 bits per heavy atom. The highest BCUT2D eigenvalue weighted by molar-refractivity contribution is 8.03. The van der Waals surface area contributed by atoms with Gasteiger partial charge in [-0.2, -0.15) is 0 Å². The Hall–Kier alpha value is -0.200. The fourth-order valence-corrected chi connectivity index (χ4v) is 3.40. The van der Waals surface area contributed by atoms with Gasteiger partial charge in [0.1, 0.15) is 5.37 Å². The van der Waals surface area contributed by atoms with Crippen molar-refractivity contribution >= 4 is 20.3 Å². The molecule has 0 bridgehead atoms. The lowest BCUT2D eigenvalue weighted by atomic mass is 10.1. The van der Waals surface area contributed by atoms with Crippen molar-refractivity contribution in [1.82, 2.24) is 5.32 Å². The van der Waals surface area contributed by atoms with E-state index in [2.05, 4.69) is 35.6 Å². The van der Waals surface area contributed by atoms with Crippen LogP contribution in [-0.2, 0) is 0 Å². The van der Waals surface area contributed by atoms with Gasteiger partial charge < -0.3 is 5.32 Å². The molecular weight excluding hydrogens is 209 g/mol. The number of thioether (sulfide) groups is 1. The summed E-state index contributed by atoms with van der Waals surface area (Å²) in [4.78, 5) is 0. The molecule has 0 radical (unpaired) electrons. The quantitative estimate of drug-likeness (QED) is 0.741. The van der Waals surface area contributed by atoms with E-state index in [9.17, 15) is 0 Å². The summed E-state index contributed by atoms with van der Waals surface area (Å²) >= 11 is 1.91. The molecule has 1 aliphatic heterocycles. The summed E-state index contributed by atoms with van der Waals surface area (Å²) in [5, 5.41) is 6.34. The summed E-state index contributed by atoms with van der Waals surface area (Å²) in [6, 6.07) is 0. The van der Waals surface area contributed by atoms with Crippen LogP contribution in [0, 0.1) is 0 Å². The van der Waals surface area contributed by atoms with Gasteiger partial charge >= 0.3 is 0 Å². The summed E-state index contributed by atoms with van der Waals surface area (Å²) in [5.74, 6) is 0. The van der Waals surface area contributed by atoms with Crippen LogP contribution in [0.5, 0.6) is 0 Å². The Labute approximate surface area is 91.9 Å². The molecule has 0 amide bonds. The van der Waals surface area contributed by atoms with E-state index in [1.54, 1.807) is 0 Å². The van der Waals surface area contributed by atoms with Crippen LogP contribution in [0.25, 0.3) is 0 Å². The molecule has 3 heteroatoms. The smallest absolute Gasteiger partial charge is 0.102 e. The van der Waals surface area contributed by atoms with Gasteiger partial charge in [-0.25, -0.2) is 0 Å². The number of nitrogens with one attached hydrogen (secondary N) is 1. The molecule has 0 spiro atoms.